The van der Waals surface area contributed by atoms with Gasteiger partial charge in [0, 0.05) is 60.0 Å². The number of aromatic hydroxyl groups is 1. The second kappa shape index (κ2) is 7.53. The van der Waals surface area contributed by atoms with E-state index in [4.69, 9.17) is 11.6 Å². The van der Waals surface area contributed by atoms with Gasteiger partial charge in [-0.05, 0) is 24.3 Å². The zero-order valence-electron chi connectivity index (χ0n) is 14.9. The standard InChI is InChI=1S/C20H17ClN4O3/c21-16-6-4-13(5-7-16)20-22-10-15-12-24(9-8-17(15)23-20)11-14-2-1-3-18(19(14)26)25(27)28/h1-7,10,26H,8-9,11-12H2. The maximum Gasteiger partial charge on any atom is 0.311 e. The van der Waals surface area contributed by atoms with Crippen LogP contribution in [0.25, 0.3) is 11.4 Å². The van der Waals surface area contributed by atoms with Crippen LogP contribution in [0.1, 0.15) is 16.8 Å². The first kappa shape index (κ1) is 18.3. The van der Waals surface area contributed by atoms with Crippen LogP contribution in [-0.4, -0.2) is 31.4 Å². The Morgan fingerprint density at radius 1 is 1.21 bits per heavy atom. The highest BCUT2D eigenvalue weighted by Gasteiger charge is 2.22. The number of phenolic OH excluding ortho intramolecular Hbond substituents is 1. The number of nitrogens with zero attached hydrogens (tertiary/aromatic N) is 4. The highest BCUT2D eigenvalue weighted by atomic mass is 35.5. The molecule has 7 nitrogen and oxygen atoms in total. The summed E-state index contributed by atoms with van der Waals surface area (Å²) in [6.45, 7) is 1.79. The molecule has 2 aromatic carbocycles. The van der Waals surface area contributed by atoms with E-state index >= 15 is 0 Å². The molecule has 0 saturated carbocycles. The SMILES string of the molecule is O=[N+]([O-])c1cccc(CN2CCc3nc(-c4ccc(Cl)cc4)ncc3C2)c1O. The topological polar surface area (TPSA) is 92.4 Å². The number of rotatable bonds is 4. The second-order valence-corrected chi connectivity index (χ2v) is 7.11. The Bertz CT molecular complexity index is 1040. The molecule has 4 rings (SSSR count). The number of benzene rings is 2. The monoisotopic (exact) mass is 396 g/mol. The molecule has 8 heteroatoms. The van der Waals surface area contributed by atoms with Crippen molar-refractivity contribution in [1.29, 1.82) is 0 Å². The molecule has 28 heavy (non-hydrogen) atoms. The first-order chi connectivity index (χ1) is 13.5. The van der Waals surface area contributed by atoms with E-state index < -0.39 is 4.92 Å². The van der Waals surface area contributed by atoms with E-state index in [1.165, 1.54) is 6.07 Å². The number of hydrogen-bond acceptors (Lipinski definition) is 6. The minimum atomic E-state index is -0.573. The molecule has 0 saturated heterocycles. The molecule has 1 aliphatic heterocycles. The van der Waals surface area contributed by atoms with Crippen molar-refractivity contribution in [2.24, 2.45) is 0 Å². The van der Waals surface area contributed by atoms with Crippen LogP contribution in [0.15, 0.2) is 48.7 Å². The number of para-hydroxylation sites is 1. The van der Waals surface area contributed by atoms with Gasteiger partial charge in [-0.15, -0.1) is 0 Å². The number of phenols is 1. The molecule has 0 fully saturated rings. The van der Waals surface area contributed by atoms with Crippen LogP contribution in [0.3, 0.4) is 0 Å². The van der Waals surface area contributed by atoms with Gasteiger partial charge in [0.2, 0.25) is 0 Å². The Kier molecular flexibility index (Phi) is 4.93. The molecule has 0 atom stereocenters. The van der Waals surface area contributed by atoms with Gasteiger partial charge in [0.25, 0.3) is 0 Å². The van der Waals surface area contributed by atoms with E-state index in [1.807, 2.05) is 30.5 Å². The van der Waals surface area contributed by atoms with Crippen molar-refractivity contribution in [3.63, 3.8) is 0 Å². The summed E-state index contributed by atoms with van der Waals surface area (Å²) in [5, 5.41) is 21.8. The lowest BCUT2D eigenvalue weighted by Gasteiger charge is -2.28. The third-order valence-corrected chi connectivity index (χ3v) is 5.06. The zero-order valence-corrected chi connectivity index (χ0v) is 15.6. The highest BCUT2D eigenvalue weighted by Crippen LogP contribution is 2.31. The normalized spacial score (nSPS) is 13.9. The largest absolute Gasteiger partial charge is 0.502 e. The predicted molar refractivity (Wildman–Crippen MR) is 105 cm³/mol. The average Bonchev–Trinajstić information content (AvgIpc) is 2.69. The van der Waals surface area contributed by atoms with Crippen LogP contribution >= 0.6 is 11.6 Å². The molecular weight excluding hydrogens is 380 g/mol. The third kappa shape index (κ3) is 3.67. The Morgan fingerprint density at radius 3 is 2.75 bits per heavy atom. The van der Waals surface area contributed by atoms with Gasteiger partial charge in [-0.25, -0.2) is 9.97 Å². The molecule has 0 bridgehead atoms. The van der Waals surface area contributed by atoms with Gasteiger partial charge in [0.15, 0.2) is 11.6 Å². The maximum atomic E-state index is 11.0. The fourth-order valence-corrected chi connectivity index (χ4v) is 3.47. The summed E-state index contributed by atoms with van der Waals surface area (Å²) in [5.41, 5.74) is 3.20. The van der Waals surface area contributed by atoms with E-state index in [0.717, 1.165) is 29.8 Å². The molecule has 1 aromatic heterocycles. The van der Waals surface area contributed by atoms with Crippen LogP contribution in [0, 0.1) is 10.1 Å². The highest BCUT2D eigenvalue weighted by molar-refractivity contribution is 6.30. The quantitative estimate of drug-likeness (QED) is 0.530. The van der Waals surface area contributed by atoms with Gasteiger partial charge < -0.3 is 5.11 Å². The average molecular weight is 397 g/mol. The van der Waals surface area contributed by atoms with Gasteiger partial charge >= 0.3 is 5.69 Å². The number of fused-ring (bicyclic) bond motifs is 1. The molecule has 1 aliphatic rings. The van der Waals surface area contributed by atoms with Crippen LogP contribution in [-0.2, 0) is 19.5 Å². The summed E-state index contributed by atoms with van der Waals surface area (Å²) < 4.78 is 0. The van der Waals surface area contributed by atoms with Crippen molar-refractivity contribution in [2.45, 2.75) is 19.5 Å². The Labute approximate surface area is 166 Å². The van der Waals surface area contributed by atoms with Crippen LogP contribution in [0.5, 0.6) is 5.75 Å². The molecule has 0 spiro atoms. The summed E-state index contributed by atoms with van der Waals surface area (Å²) in [5.74, 6) is 0.396. The van der Waals surface area contributed by atoms with E-state index in [0.29, 0.717) is 29.5 Å². The van der Waals surface area contributed by atoms with Gasteiger partial charge in [-0.2, -0.15) is 0 Å². The number of nitro benzene ring substituents is 1. The number of halogens is 1. The summed E-state index contributed by atoms with van der Waals surface area (Å²) in [6, 6.07) is 12.0. The van der Waals surface area contributed by atoms with Crippen LogP contribution < -0.4 is 0 Å². The van der Waals surface area contributed by atoms with Crippen molar-refractivity contribution in [1.82, 2.24) is 14.9 Å². The molecule has 1 N–H and O–H groups in total. The zero-order chi connectivity index (χ0) is 19.7. The Balaban J connectivity index is 1.52. The summed E-state index contributed by atoms with van der Waals surface area (Å²) >= 11 is 5.93. The minimum absolute atomic E-state index is 0.271. The van der Waals surface area contributed by atoms with Crippen LogP contribution in [0.4, 0.5) is 5.69 Å². The minimum Gasteiger partial charge on any atom is -0.502 e. The van der Waals surface area contributed by atoms with Crippen molar-refractivity contribution in [3.05, 3.63) is 80.6 Å². The van der Waals surface area contributed by atoms with Gasteiger partial charge in [-0.3, -0.25) is 15.0 Å². The van der Waals surface area contributed by atoms with Gasteiger partial charge in [0.1, 0.15) is 0 Å². The maximum absolute atomic E-state index is 11.0. The summed E-state index contributed by atoms with van der Waals surface area (Å²) in [6.07, 6.45) is 2.57. The Hall–Kier alpha value is -3.03. The molecule has 2 heterocycles. The fraction of sp³-hybridized carbons (Fsp3) is 0.200. The molecule has 142 valence electrons. The molecule has 0 radical (unpaired) electrons. The van der Waals surface area contributed by atoms with Crippen molar-refractivity contribution in [3.8, 4) is 17.1 Å². The molecule has 3 aromatic rings. The lowest BCUT2D eigenvalue weighted by atomic mass is 10.1. The van der Waals surface area contributed by atoms with E-state index in [-0.39, 0.29) is 11.4 Å². The van der Waals surface area contributed by atoms with E-state index in [2.05, 4.69) is 14.9 Å². The molecule has 0 aliphatic carbocycles. The third-order valence-electron chi connectivity index (χ3n) is 4.80. The van der Waals surface area contributed by atoms with Crippen molar-refractivity contribution >= 4 is 17.3 Å². The van der Waals surface area contributed by atoms with Crippen molar-refractivity contribution in [2.75, 3.05) is 6.54 Å². The lowest BCUT2D eigenvalue weighted by Crippen LogP contribution is -2.31. The van der Waals surface area contributed by atoms with Crippen LogP contribution in [0.2, 0.25) is 5.02 Å². The molecule has 0 amide bonds. The van der Waals surface area contributed by atoms with Gasteiger partial charge in [-0.1, -0.05) is 23.7 Å². The van der Waals surface area contributed by atoms with E-state index in [1.54, 1.807) is 12.1 Å². The van der Waals surface area contributed by atoms with Crippen molar-refractivity contribution < 1.29 is 10.0 Å². The first-order valence-corrected chi connectivity index (χ1v) is 9.17. The Morgan fingerprint density at radius 2 is 2.00 bits per heavy atom. The lowest BCUT2D eigenvalue weighted by molar-refractivity contribution is -0.385. The second-order valence-electron chi connectivity index (χ2n) is 6.68. The smallest absolute Gasteiger partial charge is 0.311 e. The number of nitro groups is 1. The molecule has 0 unspecified atom stereocenters. The van der Waals surface area contributed by atoms with Gasteiger partial charge in [0.05, 0.1) is 10.6 Å². The van der Waals surface area contributed by atoms with E-state index in [9.17, 15) is 15.2 Å². The molecular formula is C20H17ClN4O3. The first-order valence-electron chi connectivity index (χ1n) is 8.79. The number of aromatic nitrogens is 2. The fourth-order valence-electron chi connectivity index (χ4n) is 3.34. The summed E-state index contributed by atoms with van der Waals surface area (Å²) in [7, 11) is 0. The number of hydrogen-bond donors (Lipinski definition) is 1. The summed E-state index contributed by atoms with van der Waals surface area (Å²) in [4.78, 5) is 21.7. The predicted octanol–water partition coefficient (Wildman–Crippen LogP) is 3.97.